The minimum atomic E-state index is -4.17. The Hall–Kier alpha value is -2.88. The van der Waals surface area contributed by atoms with Crippen molar-refractivity contribution in [3.63, 3.8) is 0 Å². The SMILES string of the molecule is CCCCNC(=O)C(C)N(Cc1ccc(Br)cc1)C(=O)CN(c1ccccc1Cl)S(=O)(=O)c1ccc(C)cc1. The zero-order chi connectivity index (χ0) is 28.6. The maximum absolute atomic E-state index is 13.9. The molecule has 0 heterocycles. The van der Waals surface area contributed by atoms with Crippen LogP contribution in [0.15, 0.2) is 82.2 Å². The standard InChI is InChI=1S/C29H33BrClN3O4S/c1-4-5-18-32-29(36)22(3)33(19-23-12-14-24(30)15-13-23)28(35)20-34(27-9-7-6-8-26(27)31)39(37,38)25-16-10-21(2)11-17-25/h6-17,22H,4-5,18-20H2,1-3H3,(H,32,36). The number of nitrogens with zero attached hydrogens (tertiary/aromatic N) is 2. The number of unbranched alkanes of at least 4 members (excludes halogenated alkanes) is 1. The maximum atomic E-state index is 13.9. The van der Waals surface area contributed by atoms with Gasteiger partial charge in [0.15, 0.2) is 0 Å². The summed E-state index contributed by atoms with van der Waals surface area (Å²) in [5.74, 6) is -0.841. The molecule has 0 bridgehead atoms. The number of sulfonamides is 1. The van der Waals surface area contributed by atoms with Crippen molar-refractivity contribution >= 4 is 55.1 Å². The lowest BCUT2D eigenvalue weighted by molar-refractivity contribution is -0.139. The summed E-state index contributed by atoms with van der Waals surface area (Å²) in [6.07, 6.45) is 1.73. The van der Waals surface area contributed by atoms with Crippen LogP contribution in [0.4, 0.5) is 5.69 Å². The molecule has 10 heteroatoms. The van der Waals surface area contributed by atoms with Gasteiger partial charge in [-0.15, -0.1) is 0 Å². The molecule has 3 aromatic carbocycles. The second kappa shape index (κ2) is 14.0. The number of halogens is 2. The molecule has 1 N–H and O–H groups in total. The molecule has 0 aromatic heterocycles. The number of rotatable bonds is 12. The second-order valence-electron chi connectivity index (χ2n) is 9.24. The summed E-state index contributed by atoms with van der Waals surface area (Å²) in [4.78, 5) is 28.3. The molecule has 0 spiro atoms. The summed E-state index contributed by atoms with van der Waals surface area (Å²) in [7, 11) is -4.17. The number of anilines is 1. The van der Waals surface area contributed by atoms with E-state index in [2.05, 4.69) is 21.2 Å². The number of carbonyl (C=O) groups is 2. The fourth-order valence-corrected chi connectivity index (χ4v) is 5.90. The zero-order valence-corrected chi connectivity index (χ0v) is 25.4. The lowest BCUT2D eigenvalue weighted by atomic mass is 10.1. The summed E-state index contributed by atoms with van der Waals surface area (Å²) in [5.41, 5.74) is 1.88. The Morgan fingerprint density at radius 2 is 1.64 bits per heavy atom. The maximum Gasteiger partial charge on any atom is 0.264 e. The minimum absolute atomic E-state index is 0.0330. The summed E-state index contributed by atoms with van der Waals surface area (Å²) < 4.78 is 29.6. The van der Waals surface area contributed by atoms with Crippen LogP contribution in [0.1, 0.15) is 37.8 Å². The first-order chi connectivity index (χ1) is 18.5. The predicted molar refractivity (Wildman–Crippen MR) is 159 cm³/mol. The number of para-hydroxylation sites is 1. The highest BCUT2D eigenvalue weighted by molar-refractivity contribution is 9.10. The van der Waals surface area contributed by atoms with E-state index >= 15 is 0 Å². The topological polar surface area (TPSA) is 86.8 Å². The number of carbonyl (C=O) groups excluding carboxylic acids is 2. The number of aryl methyl sites for hydroxylation is 1. The van der Waals surface area contributed by atoms with Gasteiger partial charge in [0, 0.05) is 17.6 Å². The number of hydrogen-bond acceptors (Lipinski definition) is 4. The quantitative estimate of drug-likeness (QED) is 0.250. The Balaban J connectivity index is 2.00. The fraction of sp³-hybridized carbons (Fsp3) is 0.310. The highest BCUT2D eigenvalue weighted by Gasteiger charge is 2.33. The highest BCUT2D eigenvalue weighted by atomic mass is 79.9. The second-order valence-corrected chi connectivity index (χ2v) is 12.4. The Bertz CT molecular complexity index is 1380. The highest BCUT2D eigenvalue weighted by Crippen LogP contribution is 2.31. The van der Waals surface area contributed by atoms with E-state index in [0.29, 0.717) is 6.54 Å². The normalized spacial score (nSPS) is 12.0. The molecule has 208 valence electrons. The molecule has 1 unspecified atom stereocenters. The first kappa shape index (κ1) is 30.7. The van der Waals surface area contributed by atoms with Gasteiger partial charge in [0.2, 0.25) is 11.8 Å². The third-order valence-electron chi connectivity index (χ3n) is 6.27. The Kier molecular flexibility index (Phi) is 11.0. The van der Waals surface area contributed by atoms with E-state index in [0.717, 1.165) is 32.7 Å². The number of benzene rings is 3. The van der Waals surface area contributed by atoms with E-state index in [1.165, 1.54) is 17.0 Å². The zero-order valence-electron chi connectivity index (χ0n) is 22.2. The molecule has 2 amide bonds. The van der Waals surface area contributed by atoms with Crippen molar-refractivity contribution in [3.05, 3.63) is 93.4 Å². The number of hydrogen-bond donors (Lipinski definition) is 1. The molecule has 1 atom stereocenters. The molecule has 7 nitrogen and oxygen atoms in total. The molecule has 3 rings (SSSR count). The van der Waals surface area contributed by atoms with Crippen molar-refractivity contribution in [2.75, 3.05) is 17.4 Å². The molecule has 0 aliphatic carbocycles. The van der Waals surface area contributed by atoms with Crippen molar-refractivity contribution in [1.29, 1.82) is 0 Å². The molecular formula is C29H33BrClN3O4S. The lowest BCUT2D eigenvalue weighted by Gasteiger charge is -2.32. The van der Waals surface area contributed by atoms with E-state index in [1.807, 2.05) is 38.1 Å². The van der Waals surface area contributed by atoms with Crippen LogP contribution in [-0.2, 0) is 26.2 Å². The molecule has 0 aliphatic rings. The smallest absolute Gasteiger partial charge is 0.264 e. The van der Waals surface area contributed by atoms with Gasteiger partial charge in [-0.25, -0.2) is 8.42 Å². The summed E-state index contributed by atoms with van der Waals surface area (Å²) >= 11 is 9.84. The van der Waals surface area contributed by atoms with Crippen LogP contribution >= 0.6 is 27.5 Å². The van der Waals surface area contributed by atoms with Crippen molar-refractivity contribution in [2.24, 2.45) is 0 Å². The molecular weight excluding hydrogens is 602 g/mol. The Labute approximate surface area is 244 Å². The van der Waals surface area contributed by atoms with Crippen molar-refractivity contribution in [3.8, 4) is 0 Å². The largest absolute Gasteiger partial charge is 0.354 e. The van der Waals surface area contributed by atoms with Gasteiger partial charge < -0.3 is 10.2 Å². The summed E-state index contributed by atoms with van der Waals surface area (Å²) in [6, 6.07) is 19.4. The fourth-order valence-electron chi connectivity index (χ4n) is 3.91. The van der Waals surface area contributed by atoms with Crippen LogP contribution in [0.3, 0.4) is 0 Å². The van der Waals surface area contributed by atoms with E-state index in [4.69, 9.17) is 11.6 Å². The van der Waals surface area contributed by atoms with Crippen LogP contribution in [0.25, 0.3) is 0 Å². The van der Waals surface area contributed by atoms with Crippen LogP contribution in [0.2, 0.25) is 5.02 Å². The van der Waals surface area contributed by atoms with Crippen molar-refractivity contribution < 1.29 is 18.0 Å². The molecule has 0 saturated heterocycles. The molecule has 3 aromatic rings. The lowest BCUT2D eigenvalue weighted by Crippen LogP contribution is -2.51. The van der Waals surface area contributed by atoms with Gasteiger partial charge in [-0.1, -0.05) is 82.8 Å². The van der Waals surface area contributed by atoms with Gasteiger partial charge in [-0.2, -0.15) is 0 Å². The molecule has 0 saturated carbocycles. The van der Waals surface area contributed by atoms with Gasteiger partial charge in [0.1, 0.15) is 12.6 Å². The first-order valence-electron chi connectivity index (χ1n) is 12.7. The van der Waals surface area contributed by atoms with Crippen molar-refractivity contribution in [2.45, 2.75) is 51.1 Å². The van der Waals surface area contributed by atoms with Crippen LogP contribution in [0, 0.1) is 6.92 Å². The van der Waals surface area contributed by atoms with Crippen LogP contribution in [-0.4, -0.2) is 44.3 Å². The monoisotopic (exact) mass is 633 g/mol. The minimum Gasteiger partial charge on any atom is -0.354 e. The average molecular weight is 635 g/mol. The van der Waals surface area contributed by atoms with Gasteiger partial charge in [-0.05, 0) is 62.2 Å². The third kappa shape index (κ3) is 8.06. The number of amides is 2. The number of nitrogens with one attached hydrogen (secondary N) is 1. The Morgan fingerprint density at radius 1 is 1.00 bits per heavy atom. The Morgan fingerprint density at radius 3 is 2.26 bits per heavy atom. The molecule has 39 heavy (non-hydrogen) atoms. The van der Waals surface area contributed by atoms with E-state index in [-0.39, 0.29) is 28.1 Å². The average Bonchev–Trinajstić information content (AvgIpc) is 2.91. The third-order valence-corrected chi connectivity index (χ3v) is 8.89. The van der Waals surface area contributed by atoms with Gasteiger partial charge in [-0.3, -0.25) is 13.9 Å². The molecule has 0 fully saturated rings. The summed E-state index contributed by atoms with van der Waals surface area (Å²) in [6.45, 7) is 5.60. The van der Waals surface area contributed by atoms with E-state index in [1.54, 1.807) is 43.3 Å². The molecule has 0 aliphatic heterocycles. The molecule has 0 radical (unpaired) electrons. The predicted octanol–water partition coefficient (Wildman–Crippen LogP) is 5.94. The van der Waals surface area contributed by atoms with E-state index in [9.17, 15) is 18.0 Å². The van der Waals surface area contributed by atoms with Gasteiger partial charge in [0.05, 0.1) is 15.6 Å². The van der Waals surface area contributed by atoms with Crippen LogP contribution in [0.5, 0.6) is 0 Å². The van der Waals surface area contributed by atoms with Gasteiger partial charge >= 0.3 is 0 Å². The summed E-state index contributed by atoms with van der Waals surface area (Å²) in [5, 5.41) is 3.06. The van der Waals surface area contributed by atoms with Crippen molar-refractivity contribution in [1.82, 2.24) is 10.2 Å². The van der Waals surface area contributed by atoms with Crippen LogP contribution < -0.4 is 9.62 Å². The van der Waals surface area contributed by atoms with Gasteiger partial charge in [0.25, 0.3) is 10.0 Å². The van der Waals surface area contributed by atoms with E-state index < -0.39 is 28.5 Å². The first-order valence-corrected chi connectivity index (χ1v) is 15.3.